The van der Waals surface area contributed by atoms with Crippen LogP contribution in [0.5, 0.6) is 0 Å². The first-order chi connectivity index (χ1) is 10.3. The molecule has 0 aromatic heterocycles. The van der Waals surface area contributed by atoms with Crippen LogP contribution in [0, 0.1) is 0 Å². The first kappa shape index (κ1) is 17.5. The summed E-state index contributed by atoms with van der Waals surface area (Å²) in [6, 6.07) is 6.56. The molecule has 0 bridgehead atoms. The van der Waals surface area contributed by atoms with E-state index in [2.05, 4.69) is 30.0 Å². The highest BCUT2D eigenvalue weighted by atomic mass is 35.5. The van der Waals surface area contributed by atoms with Crippen LogP contribution in [-0.4, -0.2) is 29.8 Å². The number of nitrogens with zero attached hydrogens (tertiary/aromatic N) is 1. The summed E-state index contributed by atoms with van der Waals surface area (Å²) in [6.07, 6.45) is 9.43. The molecule has 1 aromatic rings. The average molecular weight is 322 g/mol. The van der Waals surface area contributed by atoms with Gasteiger partial charge >= 0.3 is 0 Å². The van der Waals surface area contributed by atoms with Gasteiger partial charge < -0.3 is 0 Å². The monoisotopic (exact) mass is 321 g/mol. The van der Waals surface area contributed by atoms with Gasteiger partial charge in [-0.2, -0.15) is 0 Å². The zero-order chi connectivity index (χ0) is 14.7. The van der Waals surface area contributed by atoms with Gasteiger partial charge in [0.05, 0.1) is 6.04 Å². The summed E-state index contributed by atoms with van der Waals surface area (Å²) >= 11 is 0. The van der Waals surface area contributed by atoms with E-state index in [1.807, 2.05) is 0 Å². The van der Waals surface area contributed by atoms with Gasteiger partial charge in [0, 0.05) is 5.56 Å². The molecule has 1 unspecified atom stereocenters. The number of carbonyl (C=O) groups excluding carboxylic acids is 1. The second-order valence-electron chi connectivity index (χ2n) is 6.60. The molecular formula is C19H28ClNO. The van der Waals surface area contributed by atoms with Crippen molar-refractivity contribution in [3.05, 3.63) is 34.9 Å². The first-order valence-corrected chi connectivity index (χ1v) is 8.69. The van der Waals surface area contributed by atoms with Crippen molar-refractivity contribution in [3.63, 3.8) is 0 Å². The van der Waals surface area contributed by atoms with Gasteiger partial charge in [-0.15, -0.1) is 12.4 Å². The minimum absolute atomic E-state index is 0. The summed E-state index contributed by atoms with van der Waals surface area (Å²) < 4.78 is 0. The van der Waals surface area contributed by atoms with Crippen molar-refractivity contribution in [2.24, 2.45) is 0 Å². The van der Waals surface area contributed by atoms with E-state index in [1.165, 1.54) is 43.2 Å². The van der Waals surface area contributed by atoms with Gasteiger partial charge in [-0.3, -0.25) is 9.69 Å². The normalized spacial score (nSPS) is 18.8. The molecule has 1 atom stereocenters. The molecule has 22 heavy (non-hydrogen) atoms. The Morgan fingerprint density at radius 1 is 1.14 bits per heavy atom. The smallest absolute Gasteiger partial charge is 0.179 e. The van der Waals surface area contributed by atoms with Gasteiger partial charge in [0.2, 0.25) is 0 Å². The van der Waals surface area contributed by atoms with Gasteiger partial charge in [0.1, 0.15) is 0 Å². The van der Waals surface area contributed by atoms with Crippen LogP contribution in [0.15, 0.2) is 18.2 Å². The fourth-order valence-corrected chi connectivity index (χ4v) is 3.85. The summed E-state index contributed by atoms with van der Waals surface area (Å²) in [5.41, 5.74) is 3.82. The maximum absolute atomic E-state index is 13.0. The molecule has 1 fully saturated rings. The third-order valence-corrected chi connectivity index (χ3v) is 5.10. The SMILES string of the molecule is CCCCC(C(=O)c1ccc2c(c1)CCC2)N1CCCC1.Cl. The van der Waals surface area contributed by atoms with Gasteiger partial charge in [-0.1, -0.05) is 31.9 Å². The van der Waals surface area contributed by atoms with Gasteiger partial charge in [0.15, 0.2) is 5.78 Å². The Morgan fingerprint density at radius 3 is 2.59 bits per heavy atom. The Morgan fingerprint density at radius 2 is 1.86 bits per heavy atom. The lowest BCUT2D eigenvalue weighted by molar-refractivity contribution is 0.0835. The van der Waals surface area contributed by atoms with Gasteiger partial charge in [0.25, 0.3) is 0 Å². The predicted octanol–water partition coefficient (Wildman–Crippen LogP) is 4.43. The molecule has 0 N–H and O–H groups in total. The third-order valence-electron chi connectivity index (χ3n) is 5.10. The van der Waals surface area contributed by atoms with Gasteiger partial charge in [-0.05, 0) is 68.8 Å². The van der Waals surface area contributed by atoms with E-state index < -0.39 is 0 Å². The Bertz CT molecular complexity index is 508. The van der Waals surface area contributed by atoms with Crippen LogP contribution in [0.1, 0.15) is 66.9 Å². The molecule has 122 valence electrons. The Hall–Kier alpha value is -0.860. The maximum Gasteiger partial charge on any atom is 0.179 e. The number of hydrogen-bond acceptors (Lipinski definition) is 2. The number of benzene rings is 1. The van der Waals surface area contributed by atoms with Crippen molar-refractivity contribution in [3.8, 4) is 0 Å². The van der Waals surface area contributed by atoms with Crippen LogP contribution >= 0.6 is 12.4 Å². The number of carbonyl (C=O) groups is 1. The number of fused-ring (bicyclic) bond motifs is 1. The third kappa shape index (κ3) is 3.72. The summed E-state index contributed by atoms with van der Waals surface area (Å²) in [5.74, 6) is 0.361. The van der Waals surface area contributed by atoms with E-state index in [-0.39, 0.29) is 18.4 Å². The number of rotatable bonds is 6. The Balaban J connectivity index is 0.00000176. The van der Waals surface area contributed by atoms with Crippen LogP contribution < -0.4 is 0 Å². The van der Waals surface area contributed by atoms with Crippen LogP contribution in [0.4, 0.5) is 0 Å². The molecule has 0 spiro atoms. The second kappa shape index (κ2) is 8.12. The summed E-state index contributed by atoms with van der Waals surface area (Å²) in [5, 5.41) is 0. The van der Waals surface area contributed by atoms with Gasteiger partial charge in [-0.25, -0.2) is 0 Å². The molecule has 0 saturated carbocycles. The maximum atomic E-state index is 13.0. The number of halogens is 1. The highest BCUT2D eigenvalue weighted by Crippen LogP contribution is 2.25. The zero-order valence-corrected chi connectivity index (χ0v) is 14.5. The fraction of sp³-hybridized carbons (Fsp3) is 0.632. The number of ketones is 1. The molecule has 0 radical (unpaired) electrons. The number of unbranched alkanes of at least 4 members (excludes halogenated alkanes) is 1. The second-order valence-corrected chi connectivity index (χ2v) is 6.60. The van der Waals surface area contributed by atoms with Crippen molar-refractivity contribution >= 4 is 18.2 Å². The molecule has 1 heterocycles. The Kier molecular flexibility index (Phi) is 6.46. The van der Waals surface area contributed by atoms with Crippen molar-refractivity contribution in [2.75, 3.05) is 13.1 Å². The van der Waals surface area contributed by atoms with Crippen molar-refractivity contribution in [1.82, 2.24) is 4.90 Å². The number of Topliss-reactive ketones (excluding diaryl/α,β-unsaturated/α-hetero) is 1. The molecule has 0 amide bonds. The fourth-order valence-electron chi connectivity index (χ4n) is 3.85. The first-order valence-electron chi connectivity index (χ1n) is 8.69. The number of likely N-dealkylation sites (tertiary alicyclic amines) is 1. The summed E-state index contributed by atoms with van der Waals surface area (Å²) in [4.78, 5) is 15.4. The number of hydrogen-bond donors (Lipinski definition) is 0. The largest absolute Gasteiger partial charge is 0.293 e. The van der Waals surface area contributed by atoms with Crippen molar-refractivity contribution < 1.29 is 4.79 Å². The lowest BCUT2D eigenvalue weighted by Gasteiger charge is -2.26. The highest BCUT2D eigenvalue weighted by Gasteiger charge is 2.28. The van der Waals surface area contributed by atoms with E-state index in [9.17, 15) is 4.79 Å². The molecule has 1 saturated heterocycles. The molecule has 3 heteroatoms. The highest BCUT2D eigenvalue weighted by molar-refractivity contribution is 6.00. The van der Waals surface area contributed by atoms with E-state index in [4.69, 9.17) is 0 Å². The molecule has 1 aliphatic carbocycles. The lowest BCUT2D eigenvalue weighted by Crippen LogP contribution is -2.39. The molecule has 1 aliphatic heterocycles. The van der Waals surface area contributed by atoms with Crippen LogP contribution in [0.3, 0.4) is 0 Å². The zero-order valence-electron chi connectivity index (χ0n) is 13.6. The van der Waals surface area contributed by atoms with Crippen LogP contribution in [0.25, 0.3) is 0 Å². The molecule has 2 aliphatic rings. The van der Waals surface area contributed by atoms with E-state index in [0.29, 0.717) is 5.78 Å². The van der Waals surface area contributed by atoms with E-state index in [1.54, 1.807) is 0 Å². The topological polar surface area (TPSA) is 20.3 Å². The number of aryl methyl sites for hydroxylation is 2. The molecular weight excluding hydrogens is 294 g/mol. The Labute approximate surface area is 140 Å². The minimum atomic E-state index is 0. The molecule has 2 nitrogen and oxygen atoms in total. The standard InChI is InChI=1S/C19H27NO.ClH/c1-2-3-9-18(20-12-4-5-13-20)19(21)17-11-10-15-7-6-8-16(15)14-17;/h10-11,14,18H,2-9,12-13H2,1H3;1H. The van der Waals surface area contributed by atoms with Crippen LogP contribution in [0.2, 0.25) is 0 Å². The minimum Gasteiger partial charge on any atom is -0.293 e. The van der Waals surface area contributed by atoms with Crippen molar-refractivity contribution in [2.45, 2.75) is 64.3 Å². The van der Waals surface area contributed by atoms with Crippen LogP contribution in [-0.2, 0) is 12.8 Å². The quantitative estimate of drug-likeness (QED) is 0.722. The average Bonchev–Trinajstić information content (AvgIpc) is 3.18. The summed E-state index contributed by atoms with van der Waals surface area (Å²) in [7, 11) is 0. The molecule has 1 aromatic carbocycles. The van der Waals surface area contributed by atoms with E-state index in [0.717, 1.165) is 37.9 Å². The molecule has 3 rings (SSSR count). The predicted molar refractivity (Wildman–Crippen MR) is 94.2 cm³/mol. The summed E-state index contributed by atoms with van der Waals surface area (Å²) in [6.45, 7) is 4.41. The van der Waals surface area contributed by atoms with Crippen molar-refractivity contribution in [1.29, 1.82) is 0 Å². The van der Waals surface area contributed by atoms with E-state index >= 15 is 0 Å². The lowest BCUT2D eigenvalue weighted by atomic mass is 9.96.